The number of halogens is 1. The third-order valence-electron chi connectivity index (χ3n) is 2.23. The van der Waals surface area contributed by atoms with Gasteiger partial charge in [-0.2, -0.15) is 5.10 Å². The van der Waals surface area contributed by atoms with Gasteiger partial charge in [-0.3, -0.25) is 9.48 Å². The maximum Gasteiger partial charge on any atom is 0.176 e. The summed E-state index contributed by atoms with van der Waals surface area (Å²) in [7, 11) is 1.81. The Morgan fingerprint density at radius 3 is 2.88 bits per heavy atom. The van der Waals surface area contributed by atoms with Gasteiger partial charge in [-0.1, -0.05) is 12.1 Å². The predicted octanol–water partition coefficient (Wildman–Crippen LogP) is 2.53. The van der Waals surface area contributed by atoms with Gasteiger partial charge in [0.15, 0.2) is 5.78 Å². The highest BCUT2D eigenvalue weighted by atomic mass is 32.2. The topological polar surface area (TPSA) is 34.9 Å². The maximum atomic E-state index is 13.3. The normalized spacial score (nSPS) is 10.5. The fourth-order valence-corrected chi connectivity index (χ4v) is 2.19. The highest BCUT2D eigenvalue weighted by molar-refractivity contribution is 8.00. The van der Waals surface area contributed by atoms with Crippen molar-refractivity contribution in [2.24, 2.45) is 7.05 Å². The lowest BCUT2D eigenvalue weighted by atomic mass is 10.1. The lowest BCUT2D eigenvalue weighted by molar-refractivity contribution is 0.101. The number of aromatic nitrogens is 2. The Kier molecular flexibility index (Phi) is 3.58. The second kappa shape index (κ2) is 5.14. The first-order chi connectivity index (χ1) is 8.16. The minimum atomic E-state index is -0.468. The Labute approximate surface area is 103 Å². The Balaban J connectivity index is 2.01. The average molecular weight is 250 g/mol. The third kappa shape index (κ3) is 2.94. The van der Waals surface area contributed by atoms with E-state index in [1.165, 1.54) is 23.9 Å². The van der Waals surface area contributed by atoms with E-state index in [-0.39, 0.29) is 17.1 Å². The van der Waals surface area contributed by atoms with Crippen LogP contribution in [-0.4, -0.2) is 21.3 Å². The molecule has 0 saturated heterocycles. The van der Waals surface area contributed by atoms with Crippen molar-refractivity contribution in [2.75, 3.05) is 5.75 Å². The van der Waals surface area contributed by atoms with E-state index in [2.05, 4.69) is 5.10 Å². The molecule has 17 heavy (non-hydrogen) atoms. The summed E-state index contributed by atoms with van der Waals surface area (Å²) < 4.78 is 15.0. The quantitative estimate of drug-likeness (QED) is 0.618. The fourth-order valence-electron chi connectivity index (χ4n) is 1.39. The lowest BCUT2D eigenvalue weighted by Gasteiger charge is -2.00. The molecule has 2 aromatic rings. The van der Waals surface area contributed by atoms with Gasteiger partial charge in [0.05, 0.1) is 17.5 Å². The standard InChI is InChI=1S/C12H11FN2OS/c1-15-7-9(6-14-15)17-8-12(16)10-4-2-3-5-11(10)13/h2-7H,8H2,1H3. The van der Waals surface area contributed by atoms with Crippen LogP contribution in [-0.2, 0) is 7.05 Å². The fraction of sp³-hybridized carbons (Fsp3) is 0.167. The van der Waals surface area contributed by atoms with E-state index in [1.54, 1.807) is 23.0 Å². The minimum absolute atomic E-state index is 0.142. The Morgan fingerprint density at radius 2 is 2.24 bits per heavy atom. The van der Waals surface area contributed by atoms with Gasteiger partial charge in [0.1, 0.15) is 5.82 Å². The summed E-state index contributed by atoms with van der Waals surface area (Å²) in [5.41, 5.74) is 0.142. The summed E-state index contributed by atoms with van der Waals surface area (Å²) in [4.78, 5) is 12.7. The Hall–Kier alpha value is -1.62. The van der Waals surface area contributed by atoms with Gasteiger partial charge >= 0.3 is 0 Å². The van der Waals surface area contributed by atoms with Crippen molar-refractivity contribution in [3.8, 4) is 0 Å². The number of aryl methyl sites for hydroxylation is 1. The number of thioether (sulfide) groups is 1. The molecule has 0 N–H and O–H groups in total. The van der Waals surface area contributed by atoms with Crippen LogP contribution < -0.4 is 0 Å². The molecule has 0 aliphatic rings. The van der Waals surface area contributed by atoms with Gasteiger partial charge < -0.3 is 0 Å². The van der Waals surface area contributed by atoms with Gasteiger partial charge in [0.25, 0.3) is 0 Å². The first-order valence-electron chi connectivity index (χ1n) is 5.06. The maximum absolute atomic E-state index is 13.3. The number of carbonyl (C=O) groups excluding carboxylic acids is 1. The summed E-state index contributed by atoms with van der Waals surface area (Å²) in [5, 5.41) is 4.00. The number of nitrogens with zero attached hydrogens (tertiary/aromatic N) is 2. The number of hydrogen-bond donors (Lipinski definition) is 0. The number of ketones is 1. The molecule has 2 rings (SSSR count). The van der Waals surface area contributed by atoms with Gasteiger partial charge in [-0.05, 0) is 12.1 Å². The van der Waals surface area contributed by atoms with Crippen LogP contribution in [0.25, 0.3) is 0 Å². The van der Waals surface area contributed by atoms with Crippen LogP contribution in [0, 0.1) is 5.82 Å². The molecule has 1 aromatic heterocycles. The zero-order chi connectivity index (χ0) is 12.3. The van der Waals surface area contributed by atoms with Crippen LogP contribution in [0.15, 0.2) is 41.6 Å². The van der Waals surface area contributed by atoms with E-state index in [0.717, 1.165) is 4.90 Å². The molecular formula is C12H11FN2OS. The molecule has 0 bridgehead atoms. The number of Topliss-reactive ketones (excluding diaryl/α,β-unsaturated/α-hetero) is 1. The van der Waals surface area contributed by atoms with Crippen molar-refractivity contribution in [2.45, 2.75) is 4.90 Å². The SMILES string of the molecule is Cn1cc(SCC(=O)c2ccccc2F)cn1. The molecule has 0 aliphatic heterocycles. The highest BCUT2D eigenvalue weighted by Crippen LogP contribution is 2.18. The van der Waals surface area contributed by atoms with E-state index >= 15 is 0 Å². The molecule has 3 nitrogen and oxygen atoms in total. The van der Waals surface area contributed by atoms with Crippen molar-refractivity contribution in [1.82, 2.24) is 9.78 Å². The van der Waals surface area contributed by atoms with Crippen molar-refractivity contribution >= 4 is 17.5 Å². The highest BCUT2D eigenvalue weighted by Gasteiger charge is 2.11. The zero-order valence-corrected chi connectivity index (χ0v) is 10.1. The second-order valence-corrected chi connectivity index (χ2v) is 4.59. The molecule has 1 aromatic carbocycles. The Bertz CT molecular complexity index is 539. The number of benzene rings is 1. The lowest BCUT2D eigenvalue weighted by Crippen LogP contribution is -2.04. The van der Waals surface area contributed by atoms with E-state index in [0.29, 0.717) is 0 Å². The molecule has 0 saturated carbocycles. The first-order valence-corrected chi connectivity index (χ1v) is 6.04. The monoisotopic (exact) mass is 250 g/mol. The van der Waals surface area contributed by atoms with Crippen molar-refractivity contribution < 1.29 is 9.18 Å². The van der Waals surface area contributed by atoms with Crippen LogP contribution in [0.4, 0.5) is 4.39 Å². The molecule has 0 aliphatic carbocycles. The minimum Gasteiger partial charge on any atom is -0.293 e. The van der Waals surface area contributed by atoms with Crippen LogP contribution in [0.5, 0.6) is 0 Å². The van der Waals surface area contributed by atoms with Crippen LogP contribution in [0.2, 0.25) is 0 Å². The van der Waals surface area contributed by atoms with E-state index in [4.69, 9.17) is 0 Å². The van der Waals surface area contributed by atoms with E-state index in [1.807, 2.05) is 13.2 Å². The van der Waals surface area contributed by atoms with Crippen molar-refractivity contribution in [3.63, 3.8) is 0 Å². The first kappa shape index (κ1) is 11.9. The molecule has 88 valence electrons. The largest absolute Gasteiger partial charge is 0.293 e. The number of hydrogen-bond acceptors (Lipinski definition) is 3. The third-order valence-corrected chi connectivity index (χ3v) is 3.18. The molecule has 0 atom stereocenters. The zero-order valence-electron chi connectivity index (χ0n) is 9.26. The van der Waals surface area contributed by atoms with Crippen LogP contribution in [0.1, 0.15) is 10.4 Å². The molecule has 1 heterocycles. The summed E-state index contributed by atoms with van der Waals surface area (Å²) in [6.45, 7) is 0. The van der Waals surface area contributed by atoms with Gasteiger partial charge in [0, 0.05) is 18.1 Å². The second-order valence-electron chi connectivity index (χ2n) is 3.54. The number of carbonyl (C=O) groups is 1. The Morgan fingerprint density at radius 1 is 1.47 bits per heavy atom. The molecule has 0 amide bonds. The molecule has 0 radical (unpaired) electrons. The smallest absolute Gasteiger partial charge is 0.176 e. The molecule has 0 unspecified atom stereocenters. The van der Waals surface area contributed by atoms with Crippen LogP contribution in [0.3, 0.4) is 0 Å². The van der Waals surface area contributed by atoms with Crippen molar-refractivity contribution in [3.05, 3.63) is 48.0 Å². The molecule has 0 spiro atoms. The summed E-state index contributed by atoms with van der Waals surface area (Å²) >= 11 is 1.35. The van der Waals surface area contributed by atoms with Crippen molar-refractivity contribution in [1.29, 1.82) is 0 Å². The summed E-state index contributed by atoms with van der Waals surface area (Å²) in [6.07, 6.45) is 3.50. The summed E-state index contributed by atoms with van der Waals surface area (Å²) in [5.74, 6) is -0.465. The van der Waals surface area contributed by atoms with Gasteiger partial charge in [0.2, 0.25) is 0 Å². The molecule has 0 fully saturated rings. The van der Waals surface area contributed by atoms with E-state index < -0.39 is 5.82 Å². The van der Waals surface area contributed by atoms with Gasteiger partial charge in [-0.25, -0.2) is 4.39 Å². The van der Waals surface area contributed by atoms with Crippen LogP contribution >= 0.6 is 11.8 Å². The summed E-state index contributed by atoms with van der Waals surface area (Å²) in [6, 6.07) is 6.02. The predicted molar refractivity (Wildman–Crippen MR) is 64.7 cm³/mol. The average Bonchev–Trinajstić information content (AvgIpc) is 2.73. The van der Waals surface area contributed by atoms with Gasteiger partial charge in [-0.15, -0.1) is 11.8 Å². The van der Waals surface area contributed by atoms with E-state index in [9.17, 15) is 9.18 Å². The molecular weight excluding hydrogens is 239 g/mol. The molecule has 5 heteroatoms. The number of rotatable bonds is 4.